The topological polar surface area (TPSA) is 100 Å². The van der Waals surface area contributed by atoms with E-state index in [4.69, 9.17) is 21.1 Å². The molecule has 0 spiro atoms. The summed E-state index contributed by atoms with van der Waals surface area (Å²) in [6, 6.07) is 16.5. The highest BCUT2D eigenvalue weighted by molar-refractivity contribution is 9.10. The lowest BCUT2D eigenvalue weighted by atomic mass is 10.1. The second-order valence-corrected chi connectivity index (χ2v) is 9.35. The minimum absolute atomic E-state index is 0.222. The van der Waals surface area contributed by atoms with E-state index in [1.165, 1.54) is 7.11 Å². The molecule has 1 aromatic heterocycles. The number of ether oxygens (including phenoxy) is 2. The van der Waals surface area contributed by atoms with E-state index >= 15 is 0 Å². The van der Waals surface area contributed by atoms with Crippen molar-refractivity contribution in [3.63, 3.8) is 0 Å². The first-order valence-corrected chi connectivity index (χ1v) is 12.1. The zero-order valence-corrected chi connectivity index (χ0v) is 22.1. The number of nitriles is 1. The zero-order valence-electron chi connectivity index (χ0n) is 19.8. The third-order valence-corrected chi connectivity index (χ3v) is 6.77. The van der Waals surface area contributed by atoms with Crippen molar-refractivity contribution in [3.8, 4) is 17.6 Å². The van der Waals surface area contributed by atoms with Crippen LogP contribution in [0.5, 0.6) is 11.5 Å². The fourth-order valence-corrected chi connectivity index (χ4v) is 3.95. The number of nitrogens with zero attached hydrogens (tertiary/aromatic N) is 2. The molecule has 0 unspecified atom stereocenters. The molecule has 0 saturated heterocycles. The number of aromatic amines is 1. The van der Waals surface area contributed by atoms with E-state index in [0.29, 0.717) is 33.6 Å². The molecule has 0 fully saturated rings. The van der Waals surface area contributed by atoms with Gasteiger partial charge in [-0.05, 0) is 95.0 Å². The number of fused-ring (bicyclic) bond motifs is 1. The largest absolute Gasteiger partial charge is 0.493 e. The van der Waals surface area contributed by atoms with E-state index in [0.717, 1.165) is 32.2 Å². The van der Waals surface area contributed by atoms with Gasteiger partial charge in [0.2, 0.25) is 0 Å². The average molecular weight is 566 g/mol. The molecule has 7 nitrogen and oxygen atoms in total. The van der Waals surface area contributed by atoms with Crippen molar-refractivity contribution >= 4 is 61.8 Å². The Morgan fingerprint density at radius 1 is 1.17 bits per heavy atom. The summed E-state index contributed by atoms with van der Waals surface area (Å²) in [4.78, 5) is 20.1. The molecular weight excluding hydrogens is 544 g/mol. The van der Waals surface area contributed by atoms with Crippen molar-refractivity contribution in [2.24, 2.45) is 0 Å². The summed E-state index contributed by atoms with van der Waals surface area (Å²) in [7, 11) is 1.51. The lowest BCUT2D eigenvalue weighted by molar-refractivity contribution is -0.118. The minimum atomic E-state index is -0.346. The van der Waals surface area contributed by atoms with Crippen molar-refractivity contribution in [1.82, 2.24) is 9.97 Å². The van der Waals surface area contributed by atoms with E-state index in [1.54, 1.807) is 42.5 Å². The summed E-state index contributed by atoms with van der Waals surface area (Å²) < 4.78 is 11.8. The summed E-state index contributed by atoms with van der Waals surface area (Å²) in [6.45, 7) is 3.84. The Hall–Kier alpha value is -3.80. The molecule has 36 heavy (non-hydrogen) atoms. The van der Waals surface area contributed by atoms with Crippen LogP contribution in [0.4, 0.5) is 5.69 Å². The van der Waals surface area contributed by atoms with Gasteiger partial charge in [0.15, 0.2) is 18.1 Å². The molecule has 0 aliphatic carbocycles. The number of benzene rings is 3. The molecule has 1 amide bonds. The predicted molar refractivity (Wildman–Crippen MR) is 145 cm³/mol. The van der Waals surface area contributed by atoms with Crippen molar-refractivity contribution < 1.29 is 14.3 Å². The number of carbonyl (C=O) groups excluding carboxylic acids is 1. The standard InChI is InChI=1S/C27H22BrClN4O3/c1-15-8-22-23(9-16(15)2)33-27(32-22)18(13-30)10-17-4-7-24(25(11-17)35-3)36-14-26(34)31-19-5-6-20(28)21(29)12-19/h4-12H,14H2,1-3H3,(H,31,34)(H,32,33)/b18-10+. The van der Waals surface area contributed by atoms with Crippen molar-refractivity contribution in [1.29, 1.82) is 5.26 Å². The third-order valence-electron chi connectivity index (χ3n) is 5.53. The Morgan fingerprint density at radius 2 is 1.94 bits per heavy atom. The van der Waals surface area contributed by atoms with Crippen LogP contribution in [0, 0.1) is 25.2 Å². The zero-order chi connectivity index (χ0) is 25.8. The van der Waals surface area contributed by atoms with E-state index in [1.807, 2.05) is 26.0 Å². The van der Waals surface area contributed by atoms with E-state index in [2.05, 4.69) is 37.3 Å². The van der Waals surface area contributed by atoms with E-state index in [9.17, 15) is 10.1 Å². The van der Waals surface area contributed by atoms with Gasteiger partial charge < -0.3 is 19.8 Å². The summed E-state index contributed by atoms with van der Waals surface area (Å²) in [6.07, 6.45) is 1.72. The SMILES string of the molecule is COc1cc(/C=C(\C#N)c2nc3cc(C)c(C)cc3[nH]2)ccc1OCC(=O)Nc1ccc(Br)c(Cl)c1. The summed E-state index contributed by atoms with van der Waals surface area (Å²) in [5.41, 5.74) is 5.62. The van der Waals surface area contributed by atoms with E-state index < -0.39 is 0 Å². The number of hydrogen-bond donors (Lipinski definition) is 2. The van der Waals surface area contributed by atoms with Gasteiger partial charge in [-0.2, -0.15) is 5.26 Å². The Bertz CT molecular complexity index is 1500. The first-order valence-electron chi connectivity index (χ1n) is 10.9. The molecule has 3 aromatic carbocycles. The molecule has 0 bridgehead atoms. The van der Waals surface area contributed by atoms with Gasteiger partial charge in [0.25, 0.3) is 5.91 Å². The smallest absolute Gasteiger partial charge is 0.262 e. The number of rotatable bonds is 7. The quantitative estimate of drug-likeness (QED) is 0.243. The monoisotopic (exact) mass is 564 g/mol. The predicted octanol–water partition coefficient (Wildman–Crippen LogP) is 6.69. The molecule has 182 valence electrons. The number of allylic oxidation sites excluding steroid dienone is 1. The number of methoxy groups -OCH3 is 1. The molecule has 1 heterocycles. The number of anilines is 1. The number of hydrogen-bond acceptors (Lipinski definition) is 5. The molecule has 0 aliphatic heterocycles. The van der Waals surface area contributed by atoms with Crippen LogP contribution in [-0.4, -0.2) is 29.6 Å². The lowest BCUT2D eigenvalue weighted by Gasteiger charge is -2.12. The van der Waals surface area contributed by atoms with Gasteiger partial charge in [-0.25, -0.2) is 4.98 Å². The molecule has 9 heteroatoms. The Labute approximate surface area is 221 Å². The Kier molecular flexibility index (Phi) is 7.63. The molecule has 4 aromatic rings. The fourth-order valence-electron chi connectivity index (χ4n) is 3.52. The number of amides is 1. The third kappa shape index (κ3) is 5.70. The molecule has 0 saturated carbocycles. The summed E-state index contributed by atoms with van der Waals surface area (Å²) in [5.74, 6) is 0.964. The molecule has 0 radical (unpaired) electrons. The van der Waals surface area contributed by atoms with Gasteiger partial charge in [0, 0.05) is 10.2 Å². The maximum absolute atomic E-state index is 12.3. The molecule has 0 atom stereocenters. The average Bonchev–Trinajstić information content (AvgIpc) is 3.26. The number of halogens is 2. The van der Waals surface area contributed by atoms with Crippen LogP contribution < -0.4 is 14.8 Å². The van der Waals surface area contributed by atoms with Crippen LogP contribution in [0.2, 0.25) is 5.02 Å². The van der Waals surface area contributed by atoms with Crippen LogP contribution in [0.3, 0.4) is 0 Å². The highest BCUT2D eigenvalue weighted by Crippen LogP contribution is 2.30. The van der Waals surface area contributed by atoms with Crippen LogP contribution in [-0.2, 0) is 4.79 Å². The van der Waals surface area contributed by atoms with Gasteiger partial charge in [0.05, 0.1) is 28.7 Å². The number of carbonyl (C=O) groups is 1. The number of imidazole rings is 1. The molecule has 0 aliphatic rings. The van der Waals surface area contributed by atoms with Crippen LogP contribution in [0.15, 0.2) is 53.0 Å². The van der Waals surface area contributed by atoms with Crippen LogP contribution in [0.1, 0.15) is 22.5 Å². The maximum atomic E-state index is 12.3. The van der Waals surface area contributed by atoms with Gasteiger partial charge in [-0.3, -0.25) is 4.79 Å². The van der Waals surface area contributed by atoms with Gasteiger partial charge in [0.1, 0.15) is 11.9 Å². The lowest BCUT2D eigenvalue weighted by Crippen LogP contribution is -2.20. The summed E-state index contributed by atoms with van der Waals surface area (Å²) >= 11 is 9.38. The molecule has 2 N–H and O–H groups in total. The second-order valence-electron chi connectivity index (χ2n) is 8.08. The minimum Gasteiger partial charge on any atom is -0.493 e. The van der Waals surface area contributed by atoms with Gasteiger partial charge in [-0.1, -0.05) is 17.7 Å². The van der Waals surface area contributed by atoms with Crippen LogP contribution in [0.25, 0.3) is 22.7 Å². The van der Waals surface area contributed by atoms with Crippen molar-refractivity contribution in [3.05, 3.63) is 80.5 Å². The van der Waals surface area contributed by atoms with Crippen molar-refractivity contribution in [2.45, 2.75) is 13.8 Å². The highest BCUT2D eigenvalue weighted by Gasteiger charge is 2.12. The second kappa shape index (κ2) is 10.9. The van der Waals surface area contributed by atoms with Crippen LogP contribution >= 0.6 is 27.5 Å². The number of aromatic nitrogens is 2. The van der Waals surface area contributed by atoms with Crippen molar-refractivity contribution in [2.75, 3.05) is 19.0 Å². The van der Waals surface area contributed by atoms with E-state index in [-0.39, 0.29) is 12.5 Å². The van der Waals surface area contributed by atoms with Gasteiger partial charge in [-0.15, -0.1) is 0 Å². The Balaban J connectivity index is 1.50. The Morgan fingerprint density at radius 3 is 2.67 bits per heavy atom. The summed E-state index contributed by atoms with van der Waals surface area (Å²) in [5, 5.41) is 13.0. The number of H-pyrrole nitrogens is 1. The highest BCUT2D eigenvalue weighted by atomic mass is 79.9. The van der Waals surface area contributed by atoms with Gasteiger partial charge >= 0.3 is 0 Å². The normalized spacial score (nSPS) is 11.3. The maximum Gasteiger partial charge on any atom is 0.262 e. The fraction of sp³-hybridized carbons (Fsp3) is 0.148. The molecular formula is C27H22BrClN4O3. The molecule has 4 rings (SSSR count). The first kappa shape index (κ1) is 25.3. The first-order chi connectivity index (χ1) is 17.3. The number of nitrogens with one attached hydrogen (secondary N) is 2. The number of aryl methyl sites for hydroxylation is 2.